The standard InChI is InChI=1S/C9H11Cl2NO3S2/c1-6-5-12(2-3-15-6)17(13,14)7-4-8(10)16-9(7)11/h4,6H,2-3,5H2,1H3. The fraction of sp³-hybridized carbons (Fsp3) is 0.556. The lowest BCUT2D eigenvalue weighted by molar-refractivity contribution is 0.0102. The van der Waals surface area contributed by atoms with Gasteiger partial charge in [0.15, 0.2) is 0 Å². The molecule has 1 aliphatic rings. The van der Waals surface area contributed by atoms with Gasteiger partial charge in [0, 0.05) is 13.1 Å². The van der Waals surface area contributed by atoms with Crippen LogP contribution in [0.1, 0.15) is 6.92 Å². The molecular formula is C9H11Cl2NO3S2. The van der Waals surface area contributed by atoms with E-state index in [1.54, 1.807) is 0 Å². The van der Waals surface area contributed by atoms with Crippen LogP contribution in [-0.4, -0.2) is 38.5 Å². The van der Waals surface area contributed by atoms with Gasteiger partial charge in [0.1, 0.15) is 9.23 Å². The van der Waals surface area contributed by atoms with E-state index in [1.807, 2.05) is 6.92 Å². The van der Waals surface area contributed by atoms with Gasteiger partial charge in [0.25, 0.3) is 0 Å². The molecule has 1 atom stereocenters. The molecule has 1 aromatic heterocycles. The number of halogens is 2. The van der Waals surface area contributed by atoms with Gasteiger partial charge in [-0.1, -0.05) is 23.2 Å². The van der Waals surface area contributed by atoms with Crippen LogP contribution in [0.2, 0.25) is 8.67 Å². The summed E-state index contributed by atoms with van der Waals surface area (Å²) in [6.07, 6.45) is -0.105. The number of sulfonamides is 1. The molecule has 0 radical (unpaired) electrons. The predicted molar refractivity (Wildman–Crippen MR) is 68.5 cm³/mol. The Balaban J connectivity index is 2.33. The summed E-state index contributed by atoms with van der Waals surface area (Å²) in [7, 11) is -3.56. The molecule has 0 saturated carbocycles. The average molecular weight is 316 g/mol. The van der Waals surface area contributed by atoms with Crippen molar-refractivity contribution in [2.45, 2.75) is 17.9 Å². The maximum atomic E-state index is 12.3. The maximum Gasteiger partial charge on any atom is 0.245 e. The van der Waals surface area contributed by atoms with Crippen LogP contribution in [0, 0.1) is 0 Å². The molecule has 1 fully saturated rings. The second kappa shape index (κ2) is 5.03. The van der Waals surface area contributed by atoms with Crippen LogP contribution in [0.4, 0.5) is 0 Å². The number of ether oxygens (including phenoxy) is 1. The highest BCUT2D eigenvalue weighted by Crippen LogP contribution is 2.36. The monoisotopic (exact) mass is 315 g/mol. The zero-order chi connectivity index (χ0) is 12.6. The summed E-state index contributed by atoms with van der Waals surface area (Å²) in [4.78, 5) is 0.0864. The summed E-state index contributed by atoms with van der Waals surface area (Å²) in [5, 5.41) is 0. The molecule has 0 aliphatic carbocycles. The van der Waals surface area contributed by atoms with Crippen LogP contribution in [0.25, 0.3) is 0 Å². The number of morpholine rings is 1. The van der Waals surface area contributed by atoms with Crippen molar-refractivity contribution >= 4 is 44.6 Å². The molecule has 0 amide bonds. The zero-order valence-electron chi connectivity index (χ0n) is 9.02. The number of nitrogens with zero attached hydrogens (tertiary/aromatic N) is 1. The minimum absolute atomic E-state index is 0.0864. The minimum Gasteiger partial charge on any atom is -0.376 e. The molecule has 1 aliphatic heterocycles. The smallest absolute Gasteiger partial charge is 0.245 e. The number of hydrogen-bond donors (Lipinski definition) is 0. The Hall–Kier alpha value is 0.150. The topological polar surface area (TPSA) is 46.6 Å². The summed E-state index contributed by atoms with van der Waals surface area (Å²) in [6.45, 7) is 2.92. The van der Waals surface area contributed by atoms with Crippen LogP contribution < -0.4 is 0 Å². The number of thiophene rings is 1. The Morgan fingerprint density at radius 1 is 1.53 bits per heavy atom. The van der Waals surface area contributed by atoms with Crippen LogP contribution in [0.3, 0.4) is 0 Å². The van der Waals surface area contributed by atoms with E-state index < -0.39 is 10.0 Å². The van der Waals surface area contributed by atoms with E-state index in [-0.39, 0.29) is 15.3 Å². The molecule has 1 saturated heterocycles. The van der Waals surface area contributed by atoms with Gasteiger partial charge in [0.2, 0.25) is 10.0 Å². The van der Waals surface area contributed by atoms with E-state index in [2.05, 4.69) is 0 Å². The molecule has 2 heterocycles. The normalized spacial score (nSPS) is 22.9. The van der Waals surface area contributed by atoms with Gasteiger partial charge in [-0.3, -0.25) is 0 Å². The quantitative estimate of drug-likeness (QED) is 0.842. The van der Waals surface area contributed by atoms with Gasteiger partial charge in [-0.25, -0.2) is 8.42 Å². The van der Waals surface area contributed by atoms with E-state index in [1.165, 1.54) is 10.4 Å². The third-order valence-corrected chi connectivity index (χ3v) is 6.07. The maximum absolute atomic E-state index is 12.3. The van der Waals surface area contributed by atoms with Crippen molar-refractivity contribution < 1.29 is 13.2 Å². The third-order valence-electron chi connectivity index (χ3n) is 2.45. The van der Waals surface area contributed by atoms with Gasteiger partial charge >= 0.3 is 0 Å². The van der Waals surface area contributed by atoms with Crippen LogP contribution in [-0.2, 0) is 14.8 Å². The van der Waals surface area contributed by atoms with Crippen molar-refractivity contribution in [3.8, 4) is 0 Å². The number of rotatable bonds is 2. The number of hydrogen-bond acceptors (Lipinski definition) is 4. The van der Waals surface area contributed by atoms with Crippen LogP contribution >= 0.6 is 34.5 Å². The molecule has 0 aromatic carbocycles. The summed E-state index contributed by atoms with van der Waals surface area (Å²) < 4.78 is 31.9. The highest BCUT2D eigenvalue weighted by atomic mass is 35.5. The molecular weight excluding hydrogens is 305 g/mol. The molecule has 1 aromatic rings. The van der Waals surface area contributed by atoms with E-state index in [9.17, 15) is 8.42 Å². The highest BCUT2D eigenvalue weighted by Gasteiger charge is 2.31. The fourth-order valence-corrected chi connectivity index (χ4v) is 5.26. The molecule has 2 rings (SSSR count). The molecule has 8 heteroatoms. The Labute approximate surface area is 114 Å². The molecule has 4 nitrogen and oxygen atoms in total. The van der Waals surface area contributed by atoms with Crippen molar-refractivity contribution in [3.63, 3.8) is 0 Å². The SMILES string of the molecule is CC1CN(S(=O)(=O)c2cc(Cl)sc2Cl)CCO1. The van der Waals surface area contributed by atoms with E-state index in [0.717, 1.165) is 11.3 Å². The van der Waals surface area contributed by atoms with Crippen molar-refractivity contribution in [1.29, 1.82) is 0 Å². The molecule has 0 N–H and O–H groups in total. The summed E-state index contributed by atoms with van der Waals surface area (Å²) in [5.41, 5.74) is 0. The Morgan fingerprint density at radius 2 is 2.24 bits per heavy atom. The van der Waals surface area contributed by atoms with E-state index in [0.29, 0.717) is 24.0 Å². The first-order chi connectivity index (χ1) is 7.91. The van der Waals surface area contributed by atoms with Crippen molar-refractivity contribution in [3.05, 3.63) is 14.7 Å². The molecule has 96 valence electrons. The average Bonchev–Trinajstić information content (AvgIpc) is 2.58. The fourth-order valence-electron chi connectivity index (χ4n) is 1.64. The molecule has 1 unspecified atom stereocenters. The van der Waals surface area contributed by atoms with Gasteiger partial charge in [-0.15, -0.1) is 11.3 Å². The summed E-state index contributed by atoms with van der Waals surface area (Å²) >= 11 is 12.7. The van der Waals surface area contributed by atoms with Crippen LogP contribution in [0.5, 0.6) is 0 Å². The summed E-state index contributed by atoms with van der Waals surface area (Å²) in [5.74, 6) is 0. The van der Waals surface area contributed by atoms with Crippen molar-refractivity contribution in [2.75, 3.05) is 19.7 Å². The Bertz CT molecular complexity index is 514. The molecule has 0 spiro atoms. The first-order valence-electron chi connectivity index (χ1n) is 4.98. The van der Waals surface area contributed by atoms with E-state index >= 15 is 0 Å². The Morgan fingerprint density at radius 3 is 2.76 bits per heavy atom. The third kappa shape index (κ3) is 2.77. The van der Waals surface area contributed by atoms with Crippen LogP contribution in [0.15, 0.2) is 11.0 Å². The largest absolute Gasteiger partial charge is 0.376 e. The van der Waals surface area contributed by atoms with Crippen molar-refractivity contribution in [2.24, 2.45) is 0 Å². The lowest BCUT2D eigenvalue weighted by Crippen LogP contribution is -2.44. The zero-order valence-corrected chi connectivity index (χ0v) is 12.2. The highest BCUT2D eigenvalue weighted by molar-refractivity contribution is 7.89. The van der Waals surface area contributed by atoms with Gasteiger partial charge in [-0.2, -0.15) is 4.31 Å². The lowest BCUT2D eigenvalue weighted by atomic mass is 10.3. The van der Waals surface area contributed by atoms with Gasteiger partial charge < -0.3 is 4.74 Å². The first kappa shape index (κ1) is 13.6. The minimum atomic E-state index is -3.56. The predicted octanol–water partition coefficient (Wildman–Crippen LogP) is 2.46. The van der Waals surface area contributed by atoms with E-state index in [4.69, 9.17) is 27.9 Å². The van der Waals surface area contributed by atoms with Gasteiger partial charge in [0.05, 0.1) is 17.0 Å². The second-order valence-corrected chi connectivity index (χ2v) is 7.92. The van der Waals surface area contributed by atoms with Gasteiger partial charge in [-0.05, 0) is 13.0 Å². The molecule has 0 bridgehead atoms. The lowest BCUT2D eigenvalue weighted by Gasteiger charge is -2.30. The molecule has 17 heavy (non-hydrogen) atoms. The van der Waals surface area contributed by atoms with Crippen molar-refractivity contribution in [1.82, 2.24) is 4.31 Å². The summed E-state index contributed by atoms with van der Waals surface area (Å²) in [6, 6.07) is 1.39. The second-order valence-electron chi connectivity index (χ2n) is 3.73. The first-order valence-corrected chi connectivity index (χ1v) is 7.99. The Kier molecular flexibility index (Phi) is 4.02.